The van der Waals surface area contributed by atoms with Crippen LogP contribution in [-0.2, 0) is 33.4 Å². The van der Waals surface area contributed by atoms with Crippen LogP contribution in [0.2, 0.25) is 0 Å². The van der Waals surface area contributed by atoms with Gasteiger partial charge in [-0.3, -0.25) is 14.4 Å². The van der Waals surface area contributed by atoms with Crippen molar-refractivity contribution in [2.24, 2.45) is 34.7 Å². The third-order valence-corrected chi connectivity index (χ3v) is 11.4. The fourth-order valence-electron chi connectivity index (χ4n) is 7.65. The summed E-state index contributed by atoms with van der Waals surface area (Å²) in [5.74, 6) is -10.9. The van der Waals surface area contributed by atoms with Crippen LogP contribution in [0.5, 0.6) is 23.0 Å². The Balaban J connectivity index is 1.98. The Bertz CT molecular complexity index is 2140. The number of carbonyl (C=O) groups is 4. The summed E-state index contributed by atoms with van der Waals surface area (Å²) in [6.07, 6.45) is 2.60. The van der Waals surface area contributed by atoms with Crippen molar-refractivity contribution in [1.29, 1.82) is 0 Å². The van der Waals surface area contributed by atoms with Crippen LogP contribution in [0.3, 0.4) is 0 Å². The van der Waals surface area contributed by atoms with Gasteiger partial charge < -0.3 is 59.7 Å². The molecule has 0 fully saturated rings. The highest BCUT2D eigenvalue weighted by Crippen LogP contribution is 2.55. The molecule has 1 unspecified atom stereocenters. The number of Topliss-reactive ketones (excluding diaryl/α,β-unsaturated/α-hetero) is 1. The van der Waals surface area contributed by atoms with Gasteiger partial charge in [0.1, 0.15) is 23.4 Å². The van der Waals surface area contributed by atoms with Crippen LogP contribution < -0.4 is 10.1 Å². The van der Waals surface area contributed by atoms with Crippen molar-refractivity contribution in [2.45, 2.75) is 112 Å². The molecule has 0 spiro atoms. The number of ketones is 1. The van der Waals surface area contributed by atoms with E-state index in [-0.39, 0.29) is 34.8 Å². The average molecular weight is 855 g/mol. The molecule has 61 heavy (non-hydrogen) atoms. The van der Waals surface area contributed by atoms with E-state index in [1.807, 2.05) is 0 Å². The van der Waals surface area contributed by atoms with E-state index in [4.69, 9.17) is 23.8 Å². The number of hydrogen-bond acceptors (Lipinski definition) is 15. The van der Waals surface area contributed by atoms with E-state index in [1.54, 1.807) is 47.6 Å². The Labute approximate surface area is 354 Å². The van der Waals surface area contributed by atoms with Gasteiger partial charge in [-0.15, -0.1) is 0 Å². The number of aliphatic hydroxyl groups excluding tert-OH is 2. The number of carboxylic acid groups (broad SMARTS) is 1. The zero-order valence-electron chi connectivity index (χ0n) is 36.2. The minimum Gasteiger partial charge on any atom is -0.507 e. The molecule has 1 amide bonds. The first-order chi connectivity index (χ1) is 28.5. The van der Waals surface area contributed by atoms with Crippen molar-refractivity contribution in [2.75, 3.05) is 12.4 Å². The van der Waals surface area contributed by atoms with Crippen LogP contribution in [0.1, 0.15) is 90.2 Å². The van der Waals surface area contributed by atoms with Gasteiger partial charge in [-0.05, 0) is 25.8 Å². The third-order valence-electron chi connectivity index (χ3n) is 11.4. The summed E-state index contributed by atoms with van der Waals surface area (Å²) in [5, 5.41) is 73.4. The minimum atomic E-state index is -2.13. The molecule has 0 saturated carbocycles. The lowest BCUT2D eigenvalue weighted by molar-refractivity contribution is -0.160. The van der Waals surface area contributed by atoms with Gasteiger partial charge in [0.2, 0.25) is 6.10 Å². The zero-order chi connectivity index (χ0) is 45.8. The summed E-state index contributed by atoms with van der Waals surface area (Å²) in [6, 6.07) is 0. The summed E-state index contributed by atoms with van der Waals surface area (Å²) in [7, 11) is 1.40. The summed E-state index contributed by atoms with van der Waals surface area (Å²) in [4.78, 5) is 57.6. The molecule has 2 aromatic rings. The number of fused-ring (bicyclic) bond motifs is 14. The molecule has 3 aliphatic rings. The molecule has 0 saturated heterocycles. The molecule has 5 rings (SSSR count). The Hall–Kier alpha value is -5.65. The summed E-state index contributed by atoms with van der Waals surface area (Å²) >= 11 is 0. The van der Waals surface area contributed by atoms with E-state index in [9.17, 15) is 49.8 Å². The highest BCUT2D eigenvalue weighted by Gasteiger charge is 2.50. The van der Waals surface area contributed by atoms with Gasteiger partial charge in [0, 0.05) is 67.6 Å². The number of aliphatic carboxylic acids is 1. The number of phenols is 3. The smallest absolute Gasteiger partial charge is 0.347 e. The van der Waals surface area contributed by atoms with Crippen LogP contribution in [0.25, 0.3) is 10.8 Å². The lowest BCUT2D eigenvalue weighted by Crippen LogP contribution is -2.46. The van der Waals surface area contributed by atoms with Gasteiger partial charge in [-0.25, -0.2) is 4.79 Å². The van der Waals surface area contributed by atoms with E-state index < -0.39 is 123 Å². The average Bonchev–Trinajstić information content (AvgIpc) is 3.46. The number of allylic oxidation sites excluding steroid dienone is 2. The fourth-order valence-corrected chi connectivity index (χ4v) is 7.65. The Morgan fingerprint density at radius 2 is 1.62 bits per heavy atom. The first kappa shape index (κ1) is 48.0. The summed E-state index contributed by atoms with van der Waals surface area (Å²) in [6.45, 7) is 15.7. The summed E-state index contributed by atoms with van der Waals surface area (Å²) in [5.41, 5.74) is -1.16. The second kappa shape index (κ2) is 19.4. The number of rotatable bonds is 8. The van der Waals surface area contributed by atoms with Crippen LogP contribution in [0, 0.1) is 36.5 Å². The second-order valence-electron chi connectivity index (χ2n) is 16.4. The Kier molecular flexibility index (Phi) is 15.3. The van der Waals surface area contributed by atoms with Crippen LogP contribution in [0.15, 0.2) is 41.3 Å². The highest BCUT2D eigenvalue weighted by atomic mass is 16.7. The number of esters is 1. The predicted octanol–water partition coefficient (Wildman–Crippen LogP) is 5.60. The van der Waals surface area contributed by atoms with Crippen molar-refractivity contribution in [1.82, 2.24) is 0 Å². The molecule has 10 atom stereocenters. The lowest BCUT2D eigenvalue weighted by Gasteiger charge is -2.38. The molecule has 17 heteroatoms. The van der Waals surface area contributed by atoms with Crippen LogP contribution >= 0.6 is 0 Å². The number of aromatic hydroxyl groups is 3. The molecule has 3 aliphatic heterocycles. The maximum Gasteiger partial charge on any atom is 0.347 e. The molecular weight excluding hydrogens is 796 g/mol. The van der Waals surface area contributed by atoms with Crippen LogP contribution in [-0.4, -0.2) is 104 Å². The first-order valence-corrected chi connectivity index (χ1v) is 20.0. The van der Waals surface area contributed by atoms with Gasteiger partial charge in [-0.2, -0.15) is 0 Å². The normalized spacial score (nSPS) is 30.0. The maximum atomic E-state index is 14.4. The quantitative estimate of drug-likeness (QED) is 0.0560. The van der Waals surface area contributed by atoms with Crippen LogP contribution in [0.4, 0.5) is 5.69 Å². The maximum absolute atomic E-state index is 14.4. The van der Waals surface area contributed by atoms with Crippen molar-refractivity contribution >= 4 is 46.3 Å². The molecule has 7 N–H and O–H groups in total. The number of aliphatic hydroxyl groups is 2. The molecular formula is C44H58N2O15. The number of amides is 1. The number of methoxy groups -OCH3 is 1. The Morgan fingerprint density at radius 1 is 0.967 bits per heavy atom. The lowest BCUT2D eigenvalue weighted by atomic mass is 9.78. The van der Waals surface area contributed by atoms with E-state index in [1.165, 1.54) is 53.0 Å². The minimum absolute atomic E-state index is 0.0284. The number of benzene rings is 2. The van der Waals surface area contributed by atoms with Crippen molar-refractivity contribution in [3.63, 3.8) is 0 Å². The first-order valence-electron chi connectivity index (χ1n) is 20.0. The molecule has 0 aliphatic carbocycles. The molecule has 0 radical (unpaired) electrons. The fraction of sp³-hybridized carbons (Fsp3) is 0.523. The number of anilines is 1. The predicted molar refractivity (Wildman–Crippen MR) is 223 cm³/mol. The molecule has 17 nitrogen and oxygen atoms in total. The Morgan fingerprint density at radius 3 is 2.21 bits per heavy atom. The number of oxime groups is 1. The zero-order valence-corrected chi connectivity index (χ0v) is 36.2. The topological polar surface area (TPSA) is 260 Å². The molecule has 3 heterocycles. The van der Waals surface area contributed by atoms with E-state index >= 15 is 0 Å². The molecule has 0 aromatic heterocycles. The van der Waals surface area contributed by atoms with Gasteiger partial charge >= 0.3 is 17.7 Å². The van der Waals surface area contributed by atoms with E-state index in [0.29, 0.717) is 0 Å². The SMILES string of the molecule is CO[C@H]1/C=C/O[C@@]2(C)Oc3c(C)c(O)c4c(O)c(c(/C=N/OC(CC(C)C)C(=O)O)c(O)c4c3C2=O)NC(=O)/C(C)=C\C=C\[C@H](C)[C@H](O)[C@@H](C)[C@@H](O)[C@@H](C)[C@H](OC(C)=O)[C@@H]1C. The van der Waals surface area contributed by atoms with E-state index in [2.05, 4.69) is 10.5 Å². The van der Waals surface area contributed by atoms with Gasteiger partial charge in [0.15, 0.2) is 5.75 Å². The van der Waals surface area contributed by atoms with Gasteiger partial charge in [-0.1, -0.05) is 64.9 Å². The number of carbonyl (C=O) groups excluding carboxylic acids is 3. The number of phenolic OH excluding ortho intramolecular Hbond substituents is 3. The third kappa shape index (κ3) is 9.95. The molecule has 2 aromatic carbocycles. The number of ether oxygens (including phenoxy) is 4. The number of carboxylic acids is 1. The monoisotopic (exact) mass is 854 g/mol. The number of nitrogens with zero attached hydrogens (tertiary/aromatic N) is 1. The van der Waals surface area contributed by atoms with Crippen molar-refractivity contribution in [3.8, 4) is 23.0 Å². The molecule has 334 valence electrons. The van der Waals surface area contributed by atoms with Crippen molar-refractivity contribution in [3.05, 3.63) is 52.8 Å². The second-order valence-corrected chi connectivity index (χ2v) is 16.4. The number of nitrogens with one attached hydrogen (secondary N) is 1. The largest absolute Gasteiger partial charge is 0.507 e. The highest BCUT2D eigenvalue weighted by molar-refractivity contribution is 6.23. The van der Waals surface area contributed by atoms with Crippen molar-refractivity contribution < 1.29 is 73.6 Å². The number of hydrogen-bond donors (Lipinski definition) is 7. The van der Waals surface area contributed by atoms with E-state index in [0.717, 1.165) is 12.5 Å². The summed E-state index contributed by atoms with van der Waals surface area (Å²) < 4.78 is 23.4. The van der Waals surface area contributed by atoms with Gasteiger partial charge in [0.25, 0.3) is 11.7 Å². The van der Waals surface area contributed by atoms with Gasteiger partial charge in [0.05, 0.1) is 53.0 Å². The molecule has 5 bridgehead atoms. The standard InChI is InChI=1S/C44H58N2O15/c1-19(2)17-29(43(55)56)61-45-18-27-33-38(52)31-30(37(27)51)32-40(25(8)36(31)50)60-44(10,41(32)53)58-16-15-28(57-11)22(5)39(59-26(9)47)24(7)35(49)23(6)34(48)20(3)13-12-14-21(4)42(54)46-33/h12-16,18-20,22-24,28-29,34-35,39,48-52H,17H2,1-11H3,(H,46,54)(H,55,56)/b13-12+,16-15+,21-14-,45-18+/t20-,22+,23+,24+,28-,29?,34-,35+,39+,44-/m0/s1.